The number of methoxy groups -OCH3 is 1. The van der Waals surface area contributed by atoms with Gasteiger partial charge < -0.3 is 14.8 Å². The molecule has 0 aliphatic carbocycles. The van der Waals surface area contributed by atoms with E-state index in [-0.39, 0.29) is 24.7 Å². The lowest BCUT2D eigenvalue weighted by molar-refractivity contribution is -0.384. The number of carbonyl (C=O) groups is 1. The third-order valence-electron chi connectivity index (χ3n) is 3.32. The van der Waals surface area contributed by atoms with Crippen molar-refractivity contribution in [2.45, 2.75) is 0 Å². The summed E-state index contributed by atoms with van der Waals surface area (Å²) in [5, 5.41) is 13.5. The third-order valence-corrected chi connectivity index (χ3v) is 3.32. The molecular weight excluding hydrogens is 324 g/mol. The molecule has 0 spiro atoms. The van der Waals surface area contributed by atoms with Crippen LogP contribution in [0.15, 0.2) is 42.5 Å². The number of non-ortho nitro benzene ring substituents is 1. The van der Waals surface area contributed by atoms with Gasteiger partial charge in [0, 0.05) is 17.7 Å². The highest BCUT2D eigenvalue weighted by Gasteiger charge is 2.14. The van der Waals surface area contributed by atoms with Crippen molar-refractivity contribution >= 4 is 11.6 Å². The molecule has 128 valence electrons. The highest BCUT2D eigenvalue weighted by Crippen LogP contribution is 2.34. The van der Waals surface area contributed by atoms with Gasteiger partial charge in [-0.15, -0.1) is 6.42 Å². The van der Waals surface area contributed by atoms with Gasteiger partial charge in [0.15, 0.2) is 6.61 Å². The molecule has 0 aliphatic rings. The van der Waals surface area contributed by atoms with E-state index in [1.165, 1.54) is 18.2 Å². The number of rotatable bonds is 7. The standard InChI is InChI=1S/C18H16N2O5/c1-3-10-19-18(21)12-25-17-9-6-14(20(22)23)11-16(17)13-4-7-15(24-2)8-5-13/h1,4-9,11H,10,12H2,2H3,(H,19,21). The fourth-order valence-corrected chi connectivity index (χ4v) is 2.10. The number of ether oxygens (including phenoxy) is 2. The molecule has 2 rings (SSSR count). The van der Waals surface area contributed by atoms with Gasteiger partial charge in [-0.3, -0.25) is 14.9 Å². The van der Waals surface area contributed by atoms with E-state index in [0.29, 0.717) is 22.6 Å². The Bertz CT molecular complexity index is 809. The average molecular weight is 340 g/mol. The second-order valence-corrected chi connectivity index (χ2v) is 4.94. The normalized spacial score (nSPS) is 9.76. The number of carbonyl (C=O) groups excluding carboxylic acids is 1. The zero-order valence-corrected chi connectivity index (χ0v) is 13.5. The predicted molar refractivity (Wildman–Crippen MR) is 92.4 cm³/mol. The summed E-state index contributed by atoms with van der Waals surface area (Å²) in [6.07, 6.45) is 5.07. The Morgan fingerprint density at radius 3 is 2.60 bits per heavy atom. The monoisotopic (exact) mass is 340 g/mol. The SMILES string of the molecule is C#CCNC(=O)COc1ccc([N+](=O)[O-])cc1-c1ccc(OC)cc1. The molecular formula is C18H16N2O5. The molecule has 1 N–H and O–H groups in total. The fourth-order valence-electron chi connectivity index (χ4n) is 2.10. The number of nitrogens with zero attached hydrogens (tertiary/aromatic N) is 1. The van der Waals surface area contributed by atoms with E-state index in [1.807, 2.05) is 0 Å². The predicted octanol–water partition coefficient (Wildman–Crippen LogP) is 2.40. The second kappa shape index (κ2) is 8.36. The Labute approximate surface area is 144 Å². The number of amides is 1. The second-order valence-electron chi connectivity index (χ2n) is 4.94. The van der Waals surface area contributed by atoms with E-state index in [0.717, 1.165) is 0 Å². The molecule has 7 heteroatoms. The van der Waals surface area contributed by atoms with E-state index in [9.17, 15) is 14.9 Å². The lowest BCUT2D eigenvalue weighted by Gasteiger charge is -2.12. The zero-order valence-electron chi connectivity index (χ0n) is 13.5. The van der Waals surface area contributed by atoms with Crippen LogP contribution >= 0.6 is 0 Å². The maximum absolute atomic E-state index is 11.6. The van der Waals surface area contributed by atoms with Crippen molar-refractivity contribution in [1.29, 1.82) is 0 Å². The van der Waals surface area contributed by atoms with Gasteiger partial charge in [0.05, 0.1) is 18.6 Å². The van der Waals surface area contributed by atoms with Crippen LogP contribution in [-0.2, 0) is 4.79 Å². The number of benzene rings is 2. The van der Waals surface area contributed by atoms with Gasteiger partial charge in [-0.1, -0.05) is 18.1 Å². The molecule has 0 bridgehead atoms. The van der Waals surface area contributed by atoms with Crippen LogP contribution in [0.4, 0.5) is 5.69 Å². The van der Waals surface area contributed by atoms with Crippen LogP contribution < -0.4 is 14.8 Å². The average Bonchev–Trinajstić information content (AvgIpc) is 2.64. The van der Waals surface area contributed by atoms with Gasteiger partial charge in [-0.05, 0) is 23.8 Å². The summed E-state index contributed by atoms with van der Waals surface area (Å²) >= 11 is 0. The van der Waals surface area contributed by atoms with Gasteiger partial charge in [-0.2, -0.15) is 0 Å². The summed E-state index contributed by atoms with van der Waals surface area (Å²) in [5.74, 6) is 2.92. The molecule has 0 heterocycles. The first-order valence-electron chi connectivity index (χ1n) is 7.31. The molecule has 0 aromatic heterocycles. The molecule has 0 radical (unpaired) electrons. The Morgan fingerprint density at radius 1 is 1.28 bits per heavy atom. The van der Waals surface area contributed by atoms with Gasteiger partial charge in [0.2, 0.25) is 0 Å². The largest absolute Gasteiger partial charge is 0.497 e. The molecule has 2 aromatic rings. The van der Waals surface area contributed by atoms with Crippen molar-refractivity contribution in [3.8, 4) is 35.0 Å². The van der Waals surface area contributed by atoms with E-state index in [2.05, 4.69) is 11.2 Å². The molecule has 0 atom stereocenters. The van der Waals surface area contributed by atoms with Crippen molar-refractivity contribution in [1.82, 2.24) is 5.32 Å². The highest BCUT2D eigenvalue weighted by atomic mass is 16.6. The van der Waals surface area contributed by atoms with Crippen molar-refractivity contribution in [2.24, 2.45) is 0 Å². The van der Waals surface area contributed by atoms with Gasteiger partial charge in [-0.25, -0.2) is 0 Å². The van der Waals surface area contributed by atoms with Gasteiger partial charge in [0.1, 0.15) is 11.5 Å². The van der Waals surface area contributed by atoms with E-state index < -0.39 is 4.92 Å². The summed E-state index contributed by atoms with van der Waals surface area (Å²) in [4.78, 5) is 22.2. The first kappa shape index (κ1) is 17.8. The first-order valence-corrected chi connectivity index (χ1v) is 7.31. The molecule has 0 saturated heterocycles. The summed E-state index contributed by atoms with van der Waals surface area (Å²) < 4.78 is 10.6. The Kier molecular flexibility index (Phi) is 5.96. The molecule has 25 heavy (non-hydrogen) atoms. The van der Waals surface area contributed by atoms with Gasteiger partial charge in [0.25, 0.3) is 11.6 Å². The van der Waals surface area contributed by atoms with Gasteiger partial charge >= 0.3 is 0 Å². The number of terminal acetylenes is 1. The molecule has 0 aliphatic heterocycles. The van der Waals surface area contributed by atoms with E-state index in [4.69, 9.17) is 15.9 Å². The van der Waals surface area contributed by atoms with Crippen LogP contribution in [0.3, 0.4) is 0 Å². The molecule has 0 saturated carbocycles. The van der Waals surface area contributed by atoms with Crippen LogP contribution in [0, 0.1) is 22.5 Å². The van der Waals surface area contributed by atoms with Crippen molar-refractivity contribution in [3.05, 3.63) is 52.6 Å². The molecule has 1 amide bonds. The summed E-state index contributed by atoms with van der Waals surface area (Å²) in [6.45, 7) is -0.142. The first-order chi connectivity index (χ1) is 12.0. The van der Waals surface area contributed by atoms with Crippen molar-refractivity contribution < 1.29 is 19.2 Å². The smallest absolute Gasteiger partial charge is 0.270 e. The van der Waals surface area contributed by atoms with Crippen LogP contribution in [0.25, 0.3) is 11.1 Å². The maximum Gasteiger partial charge on any atom is 0.270 e. The van der Waals surface area contributed by atoms with E-state index in [1.54, 1.807) is 31.4 Å². The Hall–Kier alpha value is -3.53. The minimum absolute atomic E-state index is 0.0741. The summed E-state index contributed by atoms with van der Waals surface area (Å²) in [5.41, 5.74) is 1.13. The highest BCUT2D eigenvalue weighted by molar-refractivity contribution is 5.79. The lowest BCUT2D eigenvalue weighted by atomic mass is 10.0. The summed E-state index contributed by atoms with van der Waals surface area (Å²) in [6, 6.07) is 11.2. The molecule has 0 fully saturated rings. The third kappa shape index (κ3) is 4.72. The number of hydrogen-bond donors (Lipinski definition) is 1. The van der Waals surface area contributed by atoms with Crippen LogP contribution in [0.5, 0.6) is 11.5 Å². The topological polar surface area (TPSA) is 90.7 Å². The zero-order chi connectivity index (χ0) is 18.2. The maximum atomic E-state index is 11.6. The lowest BCUT2D eigenvalue weighted by Crippen LogP contribution is -2.29. The van der Waals surface area contributed by atoms with Crippen molar-refractivity contribution in [3.63, 3.8) is 0 Å². The number of nitro benzene ring substituents is 1. The number of hydrogen-bond acceptors (Lipinski definition) is 5. The number of nitrogens with one attached hydrogen (secondary N) is 1. The fraction of sp³-hybridized carbons (Fsp3) is 0.167. The minimum Gasteiger partial charge on any atom is -0.497 e. The Morgan fingerprint density at radius 2 is 2.00 bits per heavy atom. The Balaban J connectivity index is 2.30. The van der Waals surface area contributed by atoms with Crippen LogP contribution in [0.2, 0.25) is 0 Å². The van der Waals surface area contributed by atoms with Crippen molar-refractivity contribution in [2.75, 3.05) is 20.3 Å². The quantitative estimate of drug-likeness (QED) is 0.475. The summed E-state index contributed by atoms with van der Waals surface area (Å²) in [7, 11) is 1.55. The molecule has 7 nitrogen and oxygen atoms in total. The minimum atomic E-state index is -0.490. The van der Waals surface area contributed by atoms with E-state index >= 15 is 0 Å². The molecule has 0 unspecified atom stereocenters. The molecule has 2 aromatic carbocycles. The van der Waals surface area contributed by atoms with Crippen LogP contribution in [0.1, 0.15) is 0 Å². The number of nitro groups is 1. The van der Waals surface area contributed by atoms with Crippen LogP contribution in [-0.4, -0.2) is 31.1 Å².